The van der Waals surface area contributed by atoms with Gasteiger partial charge in [-0.05, 0) is 31.4 Å². The maximum absolute atomic E-state index is 11.8. The molecule has 21 heavy (non-hydrogen) atoms. The molecule has 116 valence electrons. The van der Waals surface area contributed by atoms with Crippen molar-refractivity contribution in [2.24, 2.45) is 0 Å². The van der Waals surface area contributed by atoms with Crippen LogP contribution < -0.4 is 5.32 Å². The van der Waals surface area contributed by atoms with Crippen LogP contribution in [0.3, 0.4) is 0 Å². The second-order valence-electron chi connectivity index (χ2n) is 5.50. The summed E-state index contributed by atoms with van der Waals surface area (Å²) in [5, 5.41) is 3.67. The van der Waals surface area contributed by atoms with E-state index in [2.05, 4.69) is 46.4 Å². The molecule has 0 spiro atoms. The molecule has 1 aromatic carbocycles. The molecule has 1 N–H and O–H groups in total. The number of rotatable bonds is 5. The van der Waals surface area contributed by atoms with E-state index >= 15 is 0 Å². The van der Waals surface area contributed by atoms with Crippen LogP contribution in [0.2, 0.25) is 0 Å². The van der Waals surface area contributed by atoms with Gasteiger partial charge in [-0.1, -0.05) is 34.1 Å². The number of carbonyl (C=O) groups is 1. The summed E-state index contributed by atoms with van der Waals surface area (Å²) >= 11 is 3.60. The number of likely N-dealkylation sites (tertiary alicyclic amines) is 1. The summed E-state index contributed by atoms with van der Waals surface area (Å²) in [5.74, 6) is 0.0924. The van der Waals surface area contributed by atoms with Crippen LogP contribution in [0.15, 0.2) is 28.7 Å². The second-order valence-corrected chi connectivity index (χ2v) is 6.35. The molecule has 0 radical (unpaired) electrons. The van der Waals surface area contributed by atoms with E-state index in [-0.39, 0.29) is 12.5 Å². The molecule has 1 atom stereocenters. The predicted octanol–water partition coefficient (Wildman–Crippen LogP) is 2.74. The monoisotopic (exact) mass is 354 g/mol. The molecule has 1 aliphatic heterocycles. The fraction of sp³-hybridized carbons (Fsp3) is 0.562. The van der Waals surface area contributed by atoms with Gasteiger partial charge in [0.25, 0.3) is 0 Å². The van der Waals surface area contributed by atoms with Gasteiger partial charge in [0.05, 0.1) is 0 Å². The normalized spacial score (nSPS) is 17.8. The SMILES string of the molecule is COCC(=O)N1CCC(NC(C)c2ccccc2Br)CC1. The molecule has 0 saturated carbocycles. The molecule has 0 aliphatic carbocycles. The highest BCUT2D eigenvalue weighted by atomic mass is 79.9. The van der Waals surface area contributed by atoms with Gasteiger partial charge in [-0.25, -0.2) is 0 Å². The number of halogens is 1. The minimum absolute atomic E-state index is 0.0924. The van der Waals surface area contributed by atoms with Gasteiger partial charge in [-0.15, -0.1) is 0 Å². The average Bonchev–Trinajstić information content (AvgIpc) is 2.48. The number of ether oxygens (including phenoxy) is 1. The van der Waals surface area contributed by atoms with Crippen molar-refractivity contribution in [1.82, 2.24) is 10.2 Å². The highest BCUT2D eigenvalue weighted by Crippen LogP contribution is 2.24. The van der Waals surface area contributed by atoms with Crippen LogP contribution in [0.5, 0.6) is 0 Å². The summed E-state index contributed by atoms with van der Waals surface area (Å²) in [6, 6.07) is 9.05. The first-order valence-corrected chi connectivity index (χ1v) is 8.18. The van der Waals surface area contributed by atoms with E-state index in [1.165, 1.54) is 5.56 Å². The topological polar surface area (TPSA) is 41.6 Å². The van der Waals surface area contributed by atoms with Gasteiger partial charge in [0, 0.05) is 36.8 Å². The van der Waals surface area contributed by atoms with Crippen molar-refractivity contribution in [3.05, 3.63) is 34.3 Å². The molecule has 1 fully saturated rings. The number of amides is 1. The van der Waals surface area contributed by atoms with Crippen molar-refractivity contribution in [3.63, 3.8) is 0 Å². The minimum Gasteiger partial charge on any atom is -0.375 e. The van der Waals surface area contributed by atoms with E-state index in [0.717, 1.165) is 30.4 Å². The van der Waals surface area contributed by atoms with Gasteiger partial charge in [0.1, 0.15) is 6.61 Å². The fourth-order valence-electron chi connectivity index (χ4n) is 2.78. The van der Waals surface area contributed by atoms with E-state index in [0.29, 0.717) is 12.1 Å². The standard InChI is InChI=1S/C16H23BrN2O2/c1-12(14-5-3-4-6-15(14)17)18-13-7-9-19(10-8-13)16(20)11-21-2/h3-6,12-13,18H,7-11H2,1-2H3. The highest BCUT2D eigenvalue weighted by Gasteiger charge is 2.23. The Bertz CT molecular complexity index is 473. The lowest BCUT2D eigenvalue weighted by Crippen LogP contribution is -2.46. The molecule has 1 amide bonds. The number of nitrogens with zero attached hydrogens (tertiary/aromatic N) is 1. The van der Waals surface area contributed by atoms with Gasteiger partial charge >= 0.3 is 0 Å². The Morgan fingerprint density at radius 2 is 2.10 bits per heavy atom. The number of piperidine rings is 1. The maximum Gasteiger partial charge on any atom is 0.248 e. The van der Waals surface area contributed by atoms with Crippen LogP contribution in [0, 0.1) is 0 Å². The van der Waals surface area contributed by atoms with Gasteiger partial charge in [0.2, 0.25) is 5.91 Å². The zero-order valence-corrected chi connectivity index (χ0v) is 14.2. The first-order valence-electron chi connectivity index (χ1n) is 7.39. The molecule has 1 heterocycles. The zero-order valence-electron chi connectivity index (χ0n) is 12.6. The summed E-state index contributed by atoms with van der Waals surface area (Å²) < 4.78 is 6.04. The van der Waals surface area contributed by atoms with Crippen molar-refractivity contribution in [1.29, 1.82) is 0 Å². The summed E-state index contributed by atoms with van der Waals surface area (Å²) in [4.78, 5) is 13.7. The smallest absolute Gasteiger partial charge is 0.248 e. The molecule has 4 nitrogen and oxygen atoms in total. The second kappa shape index (κ2) is 7.92. The Kier molecular flexibility index (Phi) is 6.21. The van der Waals surface area contributed by atoms with E-state index in [9.17, 15) is 4.79 Å². The summed E-state index contributed by atoms with van der Waals surface area (Å²) in [5.41, 5.74) is 1.27. The molecule has 1 aromatic rings. The molecule has 0 bridgehead atoms. The molecule has 2 rings (SSSR count). The van der Waals surface area contributed by atoms with Crippen molar-refractivity contribution < 1.29 is 9.53 Å². The van der Waals surface area contributed by atoms with Crippen LogP contribution in [-0.4, -0.2) is 43.7 Å². The van der Waals surface area contributed by atoms with E-state index in [4.69, 9.17) is 4.74 Å². The highest BCUT2D eigenvalue weighted by molar-refractivity contribution is 9.10. The lowest BCUT2D eigenvalue weighted by Gasteiger charge is -2.34. The maximum atomic E-state index is 11.8. The number of nitrogens with one attached hydrogen (secondary N) is 1. The largest absolute Gasteiger partial charge is 0.375 e. The van der Waals surface area contributed by atoms with E-state index in [1.54, 1.807) is 7.11 Å². The number of hydrogen-bond donors (Lipinski definition) is 1. The molecule has 0 aromatic heterocycles. The lowest BCUT2D eigenvalue weighted by molar-refractivity contribution is -0.136. The van der Waals surface area contributed by atoms with Crippen molar-refractivity contribution in [3.8, 4) is 0 Å². The fourth-order valence-corrected chi connectivity index (χ4v) is 3.41. The number of carbonyl (C=O) groups excluding carboxylic acids is 1. The van der Waals surface area contributed by atoms with Crippen LogP contribution in [0.1, 0.15) is 31.4 Å². The Morgan fingerprint density at radius 3 is 2.71 bits per heavy atom. The summed E-state index contributed by atoms with van der Waals surface area (Å²) in [6.45, 7) is 3.99. The molecule has 5 heteroatoms. The first-order chi connectivity index (χ1) is 10.1. The summed E-state index contributed by atoms with van der Waals surface area (Å²) in [6.07, 6.45) is 1.98. The van der Waals surface area contributed by atoms with Gasteiger partial charge in [-0.3, -0.25) is 4.79 Å². The van der Waals surface area contributed by atoms with Crippen LogP contribution in [0.25, 0.3) is 0 Å². The average molecular weight is 355 g/mol. The van der Waals surface area contributed by atoms with Crippen molar-refractivity contribution in [2.45, 2.75) is 31.8 Å². The van der Waals surface area contributed by atoms with Crippen LogP contribution in [0.4, 0.5) is 0 Å². The first kappa shape index (κ1) is 16.5. The van der Waals surface area contributed by atoms with E-state index < -0.39 is 0 Å². The van der Waals surface area contributed by atoms with Gasteiger partial charge in [0.15, 0.2) is 0 Å². The molecule has 1 saturated heterocycles. The third-order valence-electron chi connectivity index (χ3n) is 3.97. The van der Waals surface area contributed by atoms with Gasteiger partial charge in [-0.2, -0.15) is 0 Å². The van der Waals surface area contributed by atoms with E-state index in [1.807, 2.05) is 11.0 Å². The Labute approximate surface area is 135 Å². The molecule has 1 aliphatic rings. The zero-order chi connectivity index (χ0) is 15.2. The Morgan fingerprint density at radius 1 is 1.43 bits per heavy atom. The Balaban J connectivity index is 1.83. The summed E-state index contributed by atoms with van der Waals surface area (Å²) in [7, 11) is 1.56. The van der Waals surface area contributed by atoms with Crippen LogP contribution in [-0.2, 0) is 9.53 Å². The van der Waals surface area contributed by atoms with Crippen LogP contribution >= 0.6 is 15.9 Å². The van der Waals surface area contributed by atoms with Gasteiger partial charge < -0.3 is 15.0 Å². The third-order valence-corrected chi connectivity index (χ3v) is 4.70. The number of benzene rings is 1. The number of methoxy groups -OCH3 is 1. The quantitative estimate of drug-likeness (QED) is 0.883. The molecule has 1 unspecified atom stereocenters. The predicted molar refractivity (Wildman–Crippen MR) is 87.2 cm³/mol. The molecular formula is C16H23BrN2O2. The van der Waals surface area contributed by atoms with Crippen molar-refractivity contribution in [2.75, 3.05) is 26.8 Å². The third kappa shape index (κ3) is 4.53. The number of hydrogen-bond acceptors (Lipinski definition) is 3. The van der Waals surface area contributed by atoms with Crippen molar-refractivity contribution >= 4 is 21.8 Å². The minimum atomic E-state index is 0.0924. The Hall–Kier alpha value is -0.910. The molecular weight excluding hydrogens is 332 g/mol. The lowest BCUT2D eigenvalue weighted by atomic mass is 10.0.